The van der Waals surface area contributed by atoms with Gasteiger partial charge >= 0.3 is 0 Å². The molecule has 0 aliphatic carbocycles. The Labute approximate surface area is 118 Å². The van der Waals surface area contributed by atoms with Crippen LogP contribution in [0, 0.1) is 0 Å². The third-order valence-electron chi connectivity index (χ3n) is 2.42. The fourth-order valence-electron chi connectivity index (χ4n) is 1.47. The minimum Gasteiger partial charge on any atom is -0.487 e. The molecule has 1 aromatic carbocycles. The Morgan fingerprint density at radius 2 is 2.05 bits per heavy atom. The Balaban J connectivity index is 2.59. The maximum absolute atomic E-state index is 11.9. The summed E-state index contributed by atoms with van der Waals surface area (Å²) in [6, 6.07) is 4.80. The molecular weight excluding hydrogens is 258 g/mol. The van der Waals surface area contributed by atoms with Crippen molar-refractivity contribution in [1.29, 1.82) is 0 Å². The van der Waals surface area contributed by atoms with E-state index in [0.717, 1.165) is 0 Å². The highest BCUT2D eigenvalue weighted by atomic mass is 16.5. The van der Waals surface area contributed by atoms with Crippen molar-refractivity contribution in [1.82, 2.24) is 10.6 Å². The Morgan fingerprint density at radius 1 is 1.35 bits per heavy atom. The van der Waals surface area contributed by atoms with E-state index in [9.17, 15) is 9.59 Å². The first-order valence-electron chi connectivity index (χ1n) is 6.20. The van der Waals surface area contributed by atoms with Gasteiger partial charge < -0.3 is 21.1 Å². The molecule has 108 valence electrons. The van der Waals surface area contributed by atoms with Crippen LogP contribution < -0.4 is 21.1 Å². The topological polar surface area (TPSA) is 93.5 Å². The second kappa shape index (κ2) is 7.83. The van der Waals surface area contributed by atoms with E-state index in [2.05, 4.69) is 17.2 Å². The van der Waals surface area contributed by atoms with Crippen LogP contribution in [0.4, 0.5) is 5.69 Å². The van der Waals surface area contributed by atoms with E-state index in [4.69, 9.17) is 10.5 Å². The lowest BCUT2D eigenvalue weighted by molar-refractivity contribution is -0.118. The normalized spacial score (nSPS) is 9.65. The third kappa shape index (κ3) is 5.01. The van der Waals surface area contributed by atoms with E-state index < -0.39 is 0 Å². The molecule has 1 rings (SSSR count). The number of amides is 2. The SMILES string of the molecule is C=CCOc1cc(C(=O)NCCNC(C)=O)ccc1N. The summed E-state index contributed by atoms with van der Waals surface area (Å²) in [4.78, 5) is 22.6. The van der Waals surface area contributed by atoms with Crippen LogP contribution in [0.5, 0.6) is 5.75 Å². The van der Waals surface area contributed by atoms with Crippen LogP contribution in [-0.2, 0) is 4.79 Å². The summed E-state index contributed by atoms with van der Waals surface area (Å²) in [5, 5.41) is 5.28. The molecule has 0 atom stereocenters. The lowest BCUT2D eigenvalue weighted by Crippen LogP contribution is -2.33. The Kier molecular flexibility index (Phi) is 6.09. The summed E-state index contributed by atoms with van der Waals surface area (Å²) in [5.74, 6) is 0.0602. The van der Waals surface area contributed by atoms with Crippen molar-refractivity contribution in [3.05, 3.63) is 36.4 Å². The molecule has 6 nitrogen and oxygen atoms in total. The van der Waals surface area contributed by atoms with Crippen LogP contribution in [0.2, 0.25) is 0 Å². The second-order valence-electron chi connectivity index (χ2n) is 4.09. The van der Waals surface area contributed by atoms with Crippen molar-refractivity contribution in [2.45, 2.75) is 6.92 Å². The molecule has 0 aromatic heterocycles. The first kappa shape index (κ1) is 15.6. The van der Waals surface area contributed by atoms with Crippen molar-refractivity contribution >= 4 is 17.5 Å². The number of carbonyl (C=O) groups is 2. The van der Waals surface area contributed by atoms with Crippen molar-refractivity contribution < 1.29 is 14.3 Å². The molecule has 0 unspecified atom stereocenters. The van der Waals surface area contributed by atoms with Gasteiger partial charge in [0.25, 0.3) is 5.91 Å². The van der Waals surface area contributed by atoms with Gasteiger partial charge in [0, 0.05) is 25.6 Å². The average molecular weight is 277 g/mol. The van der Waals surface area contributed by atoms with Crippen molar-refractivity contribution in [2.24, 2.45) is 0 Å². The lowest BCUT2D eigenvalue weighted by atomic mass is 10.2. The van der Waals surface area contributed by atoms with Gasteiger partial charge in [0.05, 0.1) is 5.69 Å². The molecule has 0 saturated heterocycles. The van der Waals surface area contributed by atoms with Gasteiger partial charge in [-0.25, -0.2) is 0 Å². The monoisotopic (exact) mass is 277 g/mol. The molecule has 0 radical (unpaired) electrons. The minimum absolute atomic E-state index is 0.133. The van der Waals surface area contributed by atoms with E-state index in [0.29, 0.717) is 36.7 Å². The Hall–Kier alpha value is -2.50. The van der Waals surface area contributed by atoms with E-state index in [1.54, 1.807) is 24.3 Å². The smallest absolute Gasteiger partial charge is 0.251 e. The standard InChI is InChI=1S/C14H19N3O3/c1-3-8-20-13-9-11(4-5-12(13)15)14(19)17-7-6-16-10(2)18/h3-5,9H,1,6-8,15H2,2H3,(H,16,18)(H,17,19). The van der Waals surface area contributed by atoms with E-state index in [-0.39, 0.29) is 11.8 Å². The maximum atomic E-state index is 11.9. The van der Waals surface area contributed by atoms with E-state index in [1.165, 1.54) is 6.92 Å². The molecule has 0 aliphatic heterocycles. The fourth-order valence-corrected chi connectivity index (χ4v) is 1.47. The molecule has 0 bridgehead atoms. The molecule has 0 aliphatic rings. The van der Waals surface area contributed by atoms with E-state index >= 15 is 0 Å². The number of ether oxygens (including phenoxy) is 1. The van der Waals surface area contributed by atoms with Gasteiger partial charge in [0.15, 0.2) is 0 Å². The highest BCUT2D eigenvalue weighted by Gasteiger charge is 2.08. The van der Waals surface area contributed by atoms with Crippen LogP contribution in [0.25, 0.3) is 0 Å². The van der Waals surface area contributed by atoms with Crippen LogP contribution in [-0.4, -0.2) is 31.5 Å². The zero-order valence-corrected chi connectivity index (χ0v) is 11.4. The van der Waals surface area contributed by atoms with Gasteiger partial charge in [-0.2, -0.15) is 0 Å². The van der Waals surface area contributed by atoms with E-state index in [1.807, 2.05) is 0 Å². The molecule has 2 amide bonds. The number of hydrogen-bond donors (Lipinski definition) is 3. The summed E-state index contributed by atoms with van der Waals surface area (Å²) in [6.45, 7) is 6.02. The molecule has 0 spiro atoms. The first-order valence-corrected chi connectivity index (χ1v) is 6.20. The highest BCUT2D eigenvalue weighted by molar-refractivity contribution is 5.95. The second-order valence-corrected chi connectivity index (χ2v) is 4.09. The molecule has 0 fully saturated rings. The quantitative estimate of drug-likeness (QED) is 0.388. The number of nitrogens with one attached hydrogen (secondary N) is 2. The summed E-state index contributed by atoms with van der Waals surface area (Å²) in [7, 11) is 0. The van der Waals surface area contributed by atoms with Gasteiger partial charge in [-0.1, -0.05) is 12.7 Å². The average Bonchev–Trinajstić information content (AvgIpc) is 2.42. The van der Waals surface area contributed by atoms with Crippen LogP contribution in [0.3, 0.4) is 0 Å². The zero-order chi connectivity index (χ0) is 15.0. The molecule has 6 heteroatoms. The molecule has 20 heavy (non-hydrogen) atoms. The lowest BCUT2D eigenvalue weighted by Gasteiger charge is -2.10. The van der Waals surface area contributed by atoms with Gasteiger partial charge in [0.1, 0.15) is 12.4 Å². The van der Waals surface area contributed by atoms with Gasteiger partial charge in [-0.15, -0.1) is 0 Å². The number of hydrogen-bond acceptors (Lipinski definition) is 4. The van der Waals surface area contributed by atoms with Crippen LogP contribution >= 0.6 is 0 Å². The Morgan fingerprint density at radius 3 is 2.70 bits per heavy atom. The summed E-state index contributed by atoms with van der Waals surface area (Å²) in [5.41, 5.74) is 6.65. The number of rotatable bonds is 7. The number of anilines is 1. The van der Waals surface area contributed by atoms with Gasteiger partial charge in [-0.05, 0) is 18.2 Å². The van der Waals surface area contributed by atoms with Crippen molar-refractivity contribution in [2.75, 3.05) is 25.4 Å². The summed E-state index contributed by atoms with van der Waals surface area (Å²) >= 11 is 0. The van der Waals surface area contributed by atoms with Gasteiger partial charge in [-0.3, -0.25) is 9.59 Å². The molecule has 1 aromatic rings. The summed E-state index contributed by atoms with van der Waals surface area (Å²) < 4.78 is 5.35. The first-order chi connectivity index (χ1) is 9.54. The molecule has 0 saturated carbocycles. The number of nitrogen functional groups attached to an aromatic ring is 1. The van der Waals surface area contributed by atoms with Crippen molar-refractivity contribution in [3.63, 3.8) is 0 Å². The largest absolute Gasteiger partial charge is 0.487 e. The zero-order valence-electron chi connectivity index (χ0n) is 11.4. The molecular formula is C14H19N3O3. The van der Waals surface area contributed by atoms with Crippen molar-refractivity contribution in [3.8, 4) is 5.75 Å². The maximum Gasteiger partial charge on any atom is 0.251 e. The van der Waals surface area contributed by atoms with Crippen LogP contribution in [0.15, 0.2) is 30.9 Å². The Bertz CT molecular complexity index is 500. The fraction of sp³-hybridized carbons (Fsp3) is 0.286. The summed E-state index contributed by atoms with van der Waals surface area (Å²) in [6.07, 6.45) is 1.60. The predicted octanol–water partition coefficient (Wildman–Crippen LogP) is 0.700. The number of nitrogens with two attached hydrogens (primary N) is 1. The van der Waals surface area contributed by atoms with Gasteiger partial charge in [0.2, 0.25) is 5.91 Å². The third-order valence-corrected chi connectivity index (χ3v) is 2.42. The van der Waals surface area contributed by atoms with Crippen LogP contribution in [0.1, 0.15) is 17.3 Å². The predicted molar refractivity (Wildman–Crippen MR) is 77.6 cm³/mol. The molecule has 4 N–H and O–H groups in total. The number of carbonyl (C=O) groups excluding carboxylic acids is 2. The minimum atomic E-state index is -0.251. The number of benzene rings is 1. The highest BCUT2D eigenvalue weighted by Crippen LogP contribution is 2.22. The molecule has 0 heterocycles.